The Kier molecular flexibility index (Phi) is 19.5. The fourth-order valence-electron chi connectivity index (χ4n) is 5.27. The Morgan fingerprint density at radius 2 is 0.396 bits per heavy atom. The first-order valence-corrected chi connectivity index (χ1v) is 17.6. The number of hydrogen-bond acceptors (Lipinski definition) is 4. The van der Waals surface area contributed by atoms with Gasteiger partial charge in [-0.05, 0) is 72.8 Å². The average molecular weight is 847 g/mol. The van der Waals surface area contributed by atoms with E-state index in [4.69, 9.17) is 23.4 Å². The van der Waals surface area contributed by atoms with E-state index in [-0.39, 0.29) is 20.1 Å². The first kappa shape index (κ1) is 41.2. The van der Waals surface area contributed by atoms with Gasteiger partial charge in [-0.2, -0.15) is 0 Å². The number of hydrogen-bond donors (Lipinski definition) is 0. The molecule has 6 rings (SSSR count). The molecule has 6 aromatic carbocycles. The van der Waals surface area contributed by atoms with Gasteiger partial charge in [0.25, 0.3) is 0 Å². The third kappa shape index (κ3) is 9.18. The van der Waals surface area contributed by atoms with Crippen LogP contribution in [0.2, 0.25) is 0 Å². The molecule has 0 bridgehead atoms. The normalized spacial score (nSPS) is 9.67. The van der Waals surface area contributed by atoms with E-state index in [9.17, 15) is 0 Å². The van der Waals surface area contributed by atoms with Gasteiger partial charge in [-0.15, -0.1) is 4.17 Å². The third-order valence-corrected chi connectivity index (χ3v) is 15.5. The van der Waals surface area contributed by atoms with Gasteiger partial charge in [0.05, 0.1) is 31.8 Å². The van der Waals surface area contributed by atoms with E-state index in [0.29, 0.717) is 0 Å². The van der Waals surface area contributed by atoms with E-state index < -0.39 is 14.1 Å². The van der Waals surface area contributed by atoms with E-state index in [1.807, 2.05) is 0 Å². The summed E-state index contributed by atoms with van der Waals surface area (Å²) in [4.78, 5) is 31.0. The monoisotopic (exact) mass is 847 g/mol. The van der Waals surface area contributed by atoms with Crippen LogP contribution in [-0.4, -0.2) is 27.2 Å². The van der Waals surface area contributed by atoms with E-state index in [0.717, 1.165) is 0 Å². The van der Waals surface area contributed by atoms with Gasteiger partial charge >= 0.3 is 14.1 Å². The number of benzene rings is 6. The largest absolute Gasteiger partial charge is 0.545 e. The zero-order valence-corrected chi connectivity index (χ0v) is 30.1. The van der Waals surface area contributed by atoms with Crippen molar-refractivity contribution in [2.75, 3.05) is 0 Å². The van der Waals surface area contributed by atoms with Gasteiger partial charge in [0.15, 0.2) is 0 Å². The number of carbonyl (C=O) groups excluding carboxylic acids is 4. The Bertz CT molecular complexity index is 1510. The molecule has 0 atom stereocenters. The van der Waals surface area contributed by atoms with E-state index in [2.05, 4.69) is 209 Å². The second-order valence-electron chi connectivity index (χ2n) is 9.37. The molecule has 0 aliphatic heterocycles. The molecule has 245 valence electrons. The summed E-state index contributed by atoms with van der Waals surface area (Å²) in [5.74, 6) is 0. The Hall–Kier alpha value is -4.78. The van der Waals surface area contributed by atoms with Crippen molar-refractivity contribution in [3.63, 3.8) is 0 Å². The van der Waals surface area contributed by atoms with Gasteiger partial charge in [-0.3, -0.25) is 27.2 Å². The van der Waals surface area contributed by atoms with Gasteiger partial charge in [0.2, 0.25) is 0 Å². The minimum atomic E-state index is -2.50. The van der Waals surface area contributed by atoms with Gasteiger partial charge in [0.1, 0.15) is 0 Å². The second kappa shape index (κ2) is 22.7. The SMILES string of the molecule is [CH-]=O.[CH-]=O.[CH-]=O.[CH-]=O.[Ir].c1ccc(P(=[N+]=P(c2ccccc2)(c2ccccc2)c2ccccc2)(c2ccccc2)c2ccccc2)cc1. The average Bonchev–Trinajstić information content (AvgIpc) is 3.21. The molecule has 0 spiro atoms. The number of rotatable bonds is 6. The van der Waals surface area contributed by atoms with Crippen molar-refractivity contribution in [1.82, 2.24) is 4.17 Å². The van der Waals surface area contributed by atoms with Crippen LogP contribution in [0.3, 0.4) is 0 Å². The van der Waals surface area contributed by atoms with Crippen LogP contribution >= 0.6 is 14.1 Å². The van der Waals surface area contributed by atoms with Crippen LogP contribution in [-0.2, 0) is 39.3 Å². The molecule has 1 radical (unpaired) electrons. The summed E-state index contributed by atoms with van der Waals surface area (Å²) in [6.45, 7) is 13.0. The van der Waals surface area contributed by atoms with E-state index >= 15 is 0 Å². The molecule has 0 fully saturated rings. The van der Waals surface area contributed by atoms with E-state index in [1.165, 1.54) is 31.8 Å². The van der Waals surface area contributed by atoms with Gasteiger partial charge in [-0.25, -0.2) is 0 Å². The summed E-state index contributed by atoms with van der Waals surface area (Å²) in [6.07, 6.45) is 0. The van der Waals surface area contributed by atoms with Crippen LogP contribution in [0.1, 0.15) is 0 Å². The summed E-state index contributed by atoms with van der Waals surface area (Å²) in [6, 6.07) is 65.7. The fraction of sp³-hybridized carbons (Fsp3) is 0. The topological polar surface area (TPSA) is 82.4 Å². The van der Waals surface area contributed by atoms with Crippen LogP contribution in [0.5, 0.6) is 0 Å². The molecule has 0 aliphatic rings. The molecule has 0 unspecified atom stereocenters. The van der Waals surface area contributed by atoms with Crippen molar-refractivity contribution in [2.24, 2.45) is 0 Å². The molecule has 0 saturated carbocycles. The van der Waals surface area contributed by atoms with Crippen molar-refractivity contribution in [3.05, 3.63) is 182 Å². The molecule has 0 heterocycles. The van der Waals surface area contributed by atoms with Crippen LogP contribution in [0.4, 0.5) is 0 Å². The summed E-state index contributed by atoms with van der Waals surface area (Å²) in [7, 11) is -4.99. The summed E-state index contributed by atoms with van der Waals surface area (Å²) >= 11 is 0. The predicted octanol–water partition coefficient (Wildman–Crippen LogP) is 5.31. The zero-order chi connectivity index (χ0) is 34.4. The minimum Gasteiger partial charge on any atom is -0.545 e. The minimum absolute atomic E-state index is 0. The Morgan fingerprint density at radius 1 is 0.271 bits per heavy atom. The molecular formula is C40H34IrNO4P2-3. The molecule has 6 aromatic rings. The maximum absolute atomic E-state index is 7.75. The Morgan fingerprint density at radius 3 is 0.521 bits per heavy atom. The van der Waals surface area contributed by atoms with Crippen LogP contribution in [0.25, 0.3) is 0 Å². The molecule has 48 heavy (non-hydrogen) atoms. The molecule has 0 saturated heterocycles. The Labute approximate surface area is 297 Å². The van der Waals surface area contributed by atoms with Gasteiger partial charge in [-0.1, -0.05) is 109 Å². The van der Waals surface area contributed by atoms with Crippen molar-refractivity contribution in [3.8, 4) is 0 Å². The van der Waals surface area contributed by atoms with Crippen LogP contribution < -0.4 is 36.0 Å². The second-order valence-corrected chi connectivity index (χ2v) is 15.7. The van der Waals surface area contributed by atoms with Gasteiger partial charge < -0.3 is 19.2 Å². The molecule has 0 N–H and O–H groups in total. The van der Waals surface area contributed by atoms with Crippen LogP contribution in [0.15, 0.2) is 182 Å². The quantitative estimate of drug-likeness (QED) is 0.0987. The maximum Gasteiger partial charge on any atom is 0.301 e. The Balaban J connectivity index is 0.00000119. The molecule has 5 nitrogen and oxygen atoms in total. The van der Waals surface area contributed by atoms with Crippen molar-refractivity contribution < 1.29 is 39.3 Å². The fourth-order valence-corrected chi connectivity index (χ4v) is 14.8. The maximum atomic E-state index is 7.75. The smallest absolute Gasteiger partial charge is 0.301 e. The summed E-state index contributed by atoms with van der Waals surface area (Å²) in [5.41, 5.74) is 0. The summed E-state index contributed by atoms with van der Waals surface area (Å²) in [5, 5.41) is 7.55. The molecular weight excluding hydrogens is 813 g/mol. The molecule has 0 amide bonds. The third-order valence-electron chi connectivity index (χ3n) is 7.05. The van der Waals surface area contributed by atoms with E-state index in [1.54, 1.807) is 0 Å². The first-order valence-electron chi connectivity index (χ1n) is 14.1. The molecule has 8 heteroatoms. The van der Waals surface area contributed by atoms with Gasteiger partial charge in [0, 0.05) is 20.1 Å². The summed E-state index contributed by atoms with van der Waals surface area (Å²) < 4.78 is 6.38. The number of nitrogens with zero attached hydrogens (tertiary/aromatic N) is 1. The molecule has 0 aliphatic carbocycles. The predicted molar refractivity (Wildman–Crippen MR) is 199 cm³/mol. The standard InChI is InChI=1S/C36H30NP2.4CHO.Ir/c1-7-19-31(20-8-1)38(32-21-9-2-10-22-32,33-23-11-3-12-24-33)37-39(34-25-13-4-14-26-34,35-27-15-5-16-28-35)36-29-17-6-18-30-36;4*1-2;/h1-30H;4*1H;/q+1;4*-1;. The van der Waals surface area contributed by atoms with Crippen molar-refractivity contribution in [2.45, 2.75) is 0 Å². The van der Waals surface area contributed by atoms with Crippen molar-refractivity contribution in [1.29, 1.82) is 0 Å². The zero-order valence-electron chi connectivity index (χ0n) is 25.9. The molecule has 0 aromatic heterocycles. The van der Waals surface area contributed by atoms with Crippen LogP contribution in [0, 0.1) is 0 Å². The first-order chi connectivity index (χ1) is 23.3. The van der Waals surface area contributed by atoms with Crippen molar-refractivity contribution >= 4 is 73.1 Å².